The van der Waals surface area contributed by atoms with Crippen LogP contribution in [0.25, 0.3) is 0 Å². The summed E-state index contributed by atoms with van der Waals surface area (Å²) in [6, 6.07) is 12.9. The molecule has 4 rings (SSSR count). The van der Waals surface area contributed by atoms with Crippen LogP contribution < -0.4 is 4.90 Å². The third-order valence-electron chi connectivity index (χ3n) is 4.93. The van der Waals surface area contributed by atoms with Gasteiger partial charge in [0.05, 0.1) is 11.7 Å². The van der Waals surface area contributed by atoms with Crippen LogP contribution in [0.2, 0.25) is 5.02 Å². The number of rotatable bonds is 1. The minimum atomic E-state index is -0.306. The molecule has 2 aliphatic rings. The molecule has 26 heavy (non-hydrogen) atoms. The van der Waals surface area contributed by atoms with Gasteiger partial charge in [-0.3, -0.25) is 9.69 Å². The Hall–Kier alpha value is -2.53. The van der Waals surface area contributed by atoms with E-state index in [1.807, 2.05) is 30.0 Å². The first kappa shape index (κ1) is 16.9. The zero-order valence-corrected chi connectivity index (χ0v) is 15.2. The Kier molecular flexibility index (Phi) is 4.32. The monoisotopic (exact) mass is 370 g/mol. The van der Waals surface area contributed by atoms with Crippen molar-refractivity contribution in [2.75, 3.05) is 18.1 Å². The van der Waals surface area contributed by atoms with E-state index in [4.69, 9.17) is 16.3 Å². The summed E-state index contributed by atoms with van der Waals surface area (Å²) in [6.07, 6.45) is 0.373. The second kappa shape index (κ2) is 6.65. The van der Waals surface area contributed by atoms with Crippen LogP contribution in [0.4, 0.5) is 10.5 Å². The van der Waals surface area contributed by atoms with Gasteiger partial charge in [0, 0.05) is 23.7 Å². The molecule has 5 nitrogen and oxygen atoms in total. The van der Waals surface area contributed by atoms with Gasteiger partial charge in [-0.2, -0.15) is 0 Å². The van der Waals surface area contributed by atoms with E-state index in [2.05, 4.69) is 0 Å². The standard InChI is InChI=1S/C20H19ClN2O3/c1-13-2-3-15-11-22(19(24)14-4-6-16(21)7-5-14)9-8-17-12-26-20(25)23(17)18(15)10-13/h2-7,10,17H,8-9,11-12H2,1H3. The molecule has 0 saturated carbocycles. The number of hydrogen-bond donors (Lipinski definition) is 0. The topological polar surface area (TPSA) is 49.9 Å². The molecule has 1 unspecified atom stereocenters. The second-order valence-corrected chi connectivity index (χ2v) is 7.19. The van der Waals surface area contributed by atoms with Gasteiger partial charge in [0.25, 0.3) is 5.91 Å². The summed E-state index contributed by atoms with van der Waals surface area (Å²) in [5.41, 5.74) is 3.46. The maximum Gasteiger partial charge on any atom is 0.414 e. The quantitative estimate of drug-likeness (QED) is 0.761. The fourth-order valence-corrected chi connectivity index (χ4v) is 3.66. The molecule has 0 aliphatic carbocycles. The van der Waals surface area contributed by atoms with E-state index in [1.165, 1.54) is 0 Å². The molecule has 2 aromatic rings. The highest BCUT2D eigenvalue weighted by atomic mass is 35.5. The molecule has 0 aromatic heterocycles. The average Bonchev–Trinajstić information content (AvgIpc) is 2.98. The van der Waals surface area contributed by atoms with Gasteiger partial charge in [-0.25, -0.2) is 4.79 Å². The number of nitrogens with zero attached hydrogens (tertiary/aromatic N) is 2. The lowest BCUT2D eigenvalue weighted by Gasteiger charge is -2.32. The first-order valence-corrected chi connectivity index (χ1v) is 9.01. The van der Waals surface area contributed by atoms with Gasteiger partial charge in [0.2, 0.25) is 0 Å². The predicted octanol–water partition coefficient (Wildman–Crippen LogP) is 4.02. The fourth-order valence-electron chi connectivity index (χ4n) is 3.54. The van der Waals surface area contributed by atoms with Crippen LogP contribution in [0.3, 0.4) is 0 Å². The van der Waals surface area contributed by atoms with Crippen LogP contribution >= 0.6 is 11.6 Å². The van der Waals surface area contributed by atoms with Crippen molar-refractivity contribution < 1.29 is 14.3 Å². The number of carbonyl (C=O) groups excluding carboxylic acids is 2. The highest BCUT2D eigenvalue weighted by Crippen LogP contribution is 2.32. The number of aryl methyl sites for hydroxylation is 1. The zero-order valence-electron chi connectivity index (χ0n) is 14.4. The minimum absolute atomic E-state index is 0.0353. The Morgan fingerprint density at radius 3 is 2.73 bits per heavy atom. The summed E-state index contributed by atoms with van der Waals surface area (Å²) in [7, 11) is 0. The summed E-state index contributed by atoms with van der Waals surface area (Å²) in [5, 5.41) is 0.604. The van der Waals surface area contributed by atoms with E-state index in [-0.39, 0.29) is 18.0 Å². The first-order chi connectivity index (χ1) is 12.5. The summed E-state index contributed by atoms with van der Waals surface area (Å²) in [5.74, 6) is -0.0353. The van der Waals surface area contributed by atoms with Crippen molar-refractivity contribution in [3.8, 4) is 0 Å². The summed E-state index contributed by atoms with van der Waals surface area (Å²) in [6.45, 7) is 3.36. The van der Waals surface area contributed by atoms with Crippen molar-refractivity contribution in [3.63, 3.8) is 0 Å². The largest absolute Gasteiger partial charge is 0.447 e. The van der Waals surface area contributed by atoms with Gasteiger partial charge in [-0.05, 0) is 54.8 Å². The normalized spacial score (nSPS) is 19.3. The molecule has 6 heteroatoms. The molecule has 1 atom stereocenters. The minimum Gasteiger partial charge on any atom is -0.447 e. The van der Waals surface area contributed by atoms with Crippen molar-refractivity contribution in [1.82, 2.24) is 4.90 Å². The average molecular weight is 371 g/mol. The third-order valence-corrected chi connectivity index (χ3v) is 5.19. The lowest BCUT2D eigenvalue weighted by molar-refractivity contribution is 0.0734. The molecular weight excluding hydrogens is 352 g/mol. The van der Waals surface area contributed by atoms with E-state index in [0.717, 1.165) is 16.8 Å². The van der Waals surface area contributed by atoms with Crippen molar-refractivity contribution in [2.24, 2.45) is 0 Å². The number of anilines is 1. The Balaban J connectivity index is 1.70. The smallest absolute Gasteiger partial charge is 0.414 e. The second-order valence-electron chi connectivity index (χ2n) is 6.76. The van der Waals surface area contributed by atoms with E-state index in [9.17, 15) is 9.59 Å². The first-order valence-electron chi connectivity index (χ1n) is 8.63. The van der Waals surface area contributed by atoms with Crippen LogP contribution in [0, 0.1) is 6.92 Å². The van der Waals surface area contributed by atoms with E-state index < -0.39 is 0 Å². The van der Waals surface area contributed by atoms with Crippen LogP contribution in [0.5, 0.6) is 0 Å². The summed E-state index contributed by atoms with van der Waals surface area (Å²) in [4.78, 5) is 28.8. The SMILES string of the molecule is Cc1ccc2c(c1)N1C(=O)OCC1CCN(C(=O)c1ccc(Cl)cc1)C2. The molecule has 1 saturated heterocycles. The van der Waals surface area contributed by atoms with Gasteiger partial charge in [0.1, 0.15) is 6.61 Å². The predicted molar refractivity (Wildman–Crippen MR) is 99.6 cm³/mol. The Bertz CT molecular complexity index is 866. The lowest BCUT2D eigenvalue weighted by Crippen LogP contribution is -2.42. The number of ether oxygens (including phenoxy) is 1. The molecule has 0 radical (unpaired) electrons. The van der Waals surface area contributed by atoms with Crippen LogP contribution in [0.15, 0.2) is 42.5 Å². The number of cyclic esters (lactones) is 1. The van der Waals surface area contributed by atoms with Crippen molar-refractivity contribution >= 4 is 29.3 Å². The number of fused-ring (bicyclic) bond motifs is 3. The Morgan fingerprint density at radius 1 is 1.19 bits per heavy atom. The fraction of sp³-hybridized carbons (Fsp3) is 0.300. The number of carbonyl (C=O) groups is 2. The molecule has 2 aliphatic heterocycles. The molecule has 0 N–H and O–H groups in total. The maximum atomic E-state index is 13.0. The number of halogens is 1. The van der Waals surface area contributed by atoms with Crippen LogP contribution in [-0.4, -0.2) is 36.1 Å². The third kappa shape index (κ3) is 3.03. The Labute approximate surface area is 157 Å². The summed E-state index contributed by atoms with van der Waals surface area (Å²) < 4.78 is 5.27. The van der Waals surface area contributed by atoms with E-state index >= 15 is 0 Å². The molecule has 0 bridgehead atoms. The number of benzene rings is 2. The molecule has 0 spiro atoms. The molecule has 134 valence electrons. The van der Waals surface area contributed by atoms with Crippen LogP contribution in [0.1, 0.15) is 27.9 Å². The van der Waals surface area contributed by atoms with Crippen molar-refractivity contribution in [3.05, 3.63) is 64.2 Å². The van der Waals surface area contributed by atoms with Gasteiger partial charge in [-0.15, -0.1) is 0 Å². The van der Waals surface area contributed by atoms with Gasteiger partial charge in [0.15, 0.2) is 0 Å². The van der Waals surface area contributed by atoms with Gasteiger partial charge >= 0.3 is 6.09 Å². The maximum absolute atomic E-state index is 13.0. The molecule has 1 fully saturated rings. The van der Waals surface area contributed by atoms with Gasteiger partial charge in [-0.1, -0.05) is 23.7 Å². The highest BCUT2D eigenvalue weighted by Gasteiger charge is 2.37. The van der Waals surface area contributed by atoms with Crippen molar-refractivity contribution in [2.45, 2.75) is 25.9 Å². The molecule has 2 heterocycles. The van der Waals surface area contributed by atoms with Crippen molar-refractivity contribution in [1.29, 1.82) is 0 Å². The molecule has 2 amide bonds. The van der Waals surface area contributed by atoms with E-state index in [1.54, 1.807) is 29.2 Å². The molecule has 2 aromatic carbocycles. The molecular formula is C20H19ClN2O3. The summed E-state index contributed by atoms with van der Waals surface area (Å²) >= 11 is 5.93. The number of hydrogen-bond acceptors (Lipinski definition) is 3. The van der Waals surface area contributed by atoms with Crippen LogP contribution in [-0.2, 0) is 11.3 Å². The Morgan fingerprint density at radius 2 is 1.96 bits per heavy atom. The van der Waals surface area contributed by atoms with E-state index in [0.29, 0.717) is 36.7 Å². The lowest BCUT2D eigenvalue weighted by atomic mass is 10.0. The zero-order chi connectivity index (χ0) is 18.3. The highest BCUT2D eigenvalue weighted by molar-refractivity contribution is 6.30. The number of amides is 2. The van der Waals surface area contributed by atoms with Gasteiger partial charge < -0.3 is 9.64 Å².